The van der Waals surface area contributed by atoms with Crippen LogP contribution in [-0.2, 0) is 0 Å². The van der Waals surface area contributed by atoms with Crippen LogP contribution in [0.1, 0.15) is 17.3 Å². The van der Waals surface area contributed by atoms with Gasteiger partial charge in [-0.3, -0.25) is 4.79 Å². The third-order valence-electron chi connectivity index (χ3n) is 2.77. The number of amides is 1. The van der Waals surface area contributed by atoms with E-state index in [1.165, 1.54) is 0 Å². The molecule has 0 radical (unpaired) electrons. The number of carbonyl (C=O) groups excluding carboxylic acids is 1. The van der Waals surface area contributed by atoms with Gasteiger partial charge in [0.1, 0.15) is 5.82 Å². The number of pyridine rings is 1. The van der Waals surface area contributed by atoms with E-state index in [2.05, 4.69) is 38.5 Å². The lowest BCUT2D eigenvalue weighted by Gasteiger charge is -2.12. The SMILES string of the molecule is CCSc1ccccc1C(=O)Nc1cc(Br)cnc1NC. The highest BCUT2D eigenvalue weighted by atomic mass is 79.9. The molecule has 1 aromatic carbocycles. The van der Waals surface area contributed by atoms with Gasteiger partial charge in [-0.2, -0.15) is 0 Å². The van der Waals surface area contributed by atoms with Crippen molar-refractivity contribution in [2.75, 3.05) is 23.4 Å². The standard InChI is InChI=1S/C15H16BrN3OS/c1-3-21-13-7-5-4-6-11(13)15(20)19-12-8-10(16)9-18-14(12)17-2/h4-9H,3H2,1-2H3,(H,17,18)(H,19,20). The maximum atomic E-state index is 12.5. The molecule has 1 amide bonds. The number of halogens is 1. The number of hydrogen-bond donors (Lipinski definition) is 2. The van der Waals surface area contributed by atoms with E-state index in [1.54, 1.807) is 25.0 Å². The van der Waals surface area contributed by atoms with Gasteiger partial charge in [0.2, 0.25) is 0 Å². The zero-order valence-electron chi connectivity index (χ0n) is 11.8. The Bertz CT molecular complexity index is 649. The van der Waals surface area contributed by atoms with Gasteiger partial charge in [-0.15, -0.1) is 11.8 Å². The molecule has 0 atom stereocenters. The van der Waals surface area contributed by atoms with Crippen LogP contribution in [0, 0.1) is 0 Å². The molecule has 4 nitrogen and oxygen atoms in total. The average molecular weight is 366 g/mol. The van der Waals surface area contributed by atoms with E-state index in [9.17, 15) is 4.79 Å². The summed E-state index contributed by atoms with van der Waals surface area (Å²) in [7, 11) is 1.77. The highest BCUT2D eigenvalue weighted by Gasteiger charge is 2.13. The van der Waals surface area contributed by atoms with Gasteiger partial charge in [-0.1, -0.05) is 19.1 Å². The second-order valence-corrected chi connectivity index (χ2v) is 6.40. The van der Waals surface area contributed by atoms with Gasteiger partial charge in [0.05, 0.1) is 11.3 Å². The summed E-state index contributed by atoms with van der Waals surface area (Å²) in [6.07, 6.45) is 1.68. The maximum Gasteiger partial charge on any atom is 0.256 e. The molecule has 1 heterocycles. The summed E-state index contributed by atoms with van der Waals surface area (Å²) in [6.45, 7) is 2.07. The first-order valence-electron chi connectivity index (χ1n) is 6.52. The molecule has 110 valence electrons. The molecule has 0 fully saturated rings. The number of hydrogen-bond acceptors (Lipinski definition) is 4. The fourth-order valence-electron chi connectivity index (χ4n) is 1.86. The molecule has 1 aromatic heterocycles. The number of aromatic nitrogens is 1. The summed E-state index contributed by atoms with van der Waals surface area (Å²) in [4.78, 5) is 17.7. The fourth-order valence-corrected chi connectivity index (χ4v) is 2.99. The lowest BCUT2D eigenvalue weighted by atomic mass is 10.2. The molecule has 0 saturated heterocycles. The fraction of sp³-hybridized carbons (Fsp3) is 0.200. The first-order chi connectivity index (χ1) is 10.2. The van der Waals surface area contributed by atoms with Crippen molar-refractivity contribution in [3.8, 4) is 0 Å². The zero-order valence-corrected chi connectivity index (χ0v) is 14.2. The van der Waals surface area contributed by atoms with Crippen LogP contribution in [0.25, 0.3) is 0 Å². The summed E-state index contributed by atoms with van der Waals surface area (Å²) < 4.78 is 0.813. The summed E-state index contributed by atoms with van der Waals surface area (Å²) >= 11 is 5.02. The second kappa shape index (κ2) is 7.47. The van der Waals surface area contributed by atoms with Crippen molar-refractivity contribution in [3.63, 3.8) is 0 Å². The number of carbonyl (C=O) groups is 1. The van der Waals surface area contributed by atoms with Crippen molar-refractivity contribution in [3.05, 3.63) is 46.6 Å². The van der Waals surface area contributed by atoms with Crippen LogP contribution >= 0.6 is 27.7 Å². The van der Waals surface area contributed by atoms with Gasteiger partial charge >= 0.3 is 0 Å². The number of rotatable bonds is 5. The Morgan fingerprint density at radius 2 is 2.14 bits per heavy atom. The molecule has 2 rings (SSSR count). The Kier molecular flexibility index (Phi) is 5.64. The molecule has 0 aliphatic carbocycles. The van der Waals surface area contributed by atoms with E-state index in [0.717, 1.165) is 15.1 Å². The molecular weight excluding hydrogens is 350 g/mol. The molecule has 0 aliphatic heterocycles. The predicted octanol–water partition coefficient (Wildman–Crippen LogP) is 4.25. The predicted molar refractivity (Wildman–Crippen MR) is 92.3 cm³/mol. The van der Waals surface area contributed by atoms with Crippen LogP contribution in [0.15, 0.2) is 45.9 Å². The van der Waals surface area contributed by atoms with E-state index in [1.807, 2.05) is 30.3 Å². The van der Waals surface area contributed by atoms with E-state index in [0.29, 0.717) is 17.1 Å². The molecule has 0 unspecified atom stereocenters. The Morgan fingerprint density at radius 1 is 1.38 bits per heavy atom. The van der Waals surface area contributed by atoms with Crippen molar-refractivity contribution >= 4 is 45.1 Å². The van der Waals surface area contributed by atoms with Crippen molar-refractivity contribution < 1.29 is 4.79 Å². The monoisotopic (exact) mass is 365 g/mol. The molecular formula is C15H16BrN3OS. The highest BCUT2D eigenvalue weighted by Crippen LogP contribution is 2.26. The number of thioether (sulfide) groups is 1. The lowest BCUT2D eigenvalue weighted by Crippen LogP contribution is -2.14. The van der Waals surface area contributed by atoms with Crippen molar-refractivity contribution in [1.29, 1.82) is 0 Å². The molecule has 0 saturated carbocycles. The topological polar surface area (TPSA) is 54.0 Å². The minimum Gasteiger partial charge on any atom is -0.371 e. The molecule has 6 heteroatoms. The van der Waals surface area contributed by atoms with Crippen molar-refractivity contribution in [1.82, 2.24) is 4.98 Å². The Morgan fingerprint density at radius 3 is 2.86 bits per heavy atom. The molecule has 0 bridgehead atoms. The molecule has 0 aliphatic rings. The Labute approximate surface area is 136 Å². The number of anilines is 2. The highest BCUT2D eigenvalue weighted by molar-refractivity contribution is 9.10. The smallest absolute Gasteiger partial charge is 0.256 e. The average Bonchev–Trinajstić information content (AvgIpc) is 2.48. The zero-order chi connectivity index (χ0) is 15.2. The first-order valence-corrected chi connectivity index (χ1v) is 8.30. The molecule has 2 aromatic rings. The van der Waals surface area contributed by atoms with Crippen LogP contribution in [0.2, 0.25) is 0 Å². The minimum absolute atomic E-state index is 0.136. The Hall–Kier alpha value is -1.53. The Balaban J connectivity index is 2.28. The summed E-state index contributed by atoms with van der Waals surface area (Å²) in [5.41, 5.74) is 1.32. The van der Waals surface area contributed by atoms with Gasteiger partial charge in [0.15, 0.2) is 0 Å². The van der Waals surface area contributed by atoms with E-state index >= 15 is 0 Å². The van der Waals surface area contributed by atoms with Crippen molar-refractivity contribution in [2.45, 2.75) is 11.8 Å². The van der Waals surface area contributed by atoms with Gasteiger partial charge in [-0.25, -0.2) is 4.98 Å². The van der Waals surface area contributed by atoms with Gasteiger partial charge in [0.25, 0.3) is 5.91 Å². The molecule has 21 heavy (non-hydrogen) atoms. The number of benzene rings is 1. The molecule has 2 N–H and O–H groups in total. The van der Waals surface area contributed by atoms with Crippen LogP contribution in [0.4, 0.5) is 11.5 Å². The third-order valence-corrected chi connectivity index (χ3v) is 4.16. The van der Waals surface area contributed by atoms with Crippen molar-refractivity contribution in [2.24, 2.45) is 0 Å². The van der Waals surface area contributed by atoms with Gasteiger partial charge in [0, 0.05) is 22.6 Å². The summed E-state index contributed by atoms with van der Waals surface area (Å²) in [6, 6.07) is 9.42. The quantitative estimate of drug-likeness (QED) is 0.777. The van der Waals surface area contributed by atoms with Gasteiger partial charge < -0.3 is 10.6 Å². The van der Waals surface area contributed by atoms with E-state index in [-0.39, 0.29) is 5.91 Å². The summed E-state index contributed by atoms with van der Waals surface area (Å²) in [5.74, 6) is 1.42. The molecule has 0 spiro atoms. The van der Waals surface area contributed by atoms with Crippen LogP contribution in [0.3, 0.4) is 0 Å². The van der Waals surface area contributed by atoms with E-state index < -0.39 is 0 Å². The minimum atomic E-state index is -0.136. The normalized spacial score (nSPS) is 10.2. The van der Waals surface area contributed by atoms with Crippen LogP contribution in [-0.4, -0.2) is 23.7 Å². The number of nitrogens with one attached hydrogen (secondary N) is 2. The lowest BCUT2D eigenvalue weighted by molar-refractivity contribution is 0.102. The number of nitrogens with zero attached hydrogens (tertiary/aromatic N) is 1. The van der Waals surface area contributed by atoms with E-state index in [4.69, 9.17) is 0 Å². The van der Waals surface area contributed by atoms with Crippen LogP contribution in [0.5, 0.6) is 0 Å². The maximum absolute atomic E-state index is 12.5. The first kappa shape index (κ1) is 15.9. The second-order valence-electron chi connectivity index (χ2n) is 4.18. The third kappa shape index (κ3) is 3.98. The largest absolute Gasteiger partial charge is 0.371 e. The van der Waals surface area contributed by atoms with Gasteiger partial charge in [-0.05, 0) is 39.9 Å². The summed E-state index contributed by atoms with van der Waals surface area (Å²) in [5, 5.41) is 5.88. The van der Waals surface area contributed by atoms with Crippen LogP contribution < -0.4 is 10.6 Å².